The average molecular weight is 274 g/mol. The lowest BCUT2D eigenvalue weighted by Gasteiger charge is -2.13. The van der Waals surface area contributed by atoms with Crippen molar-refractivity contribution in [1.29, 1.82) is 0 Å². The quantitative estimate of drug-likeness (QED) is 0.559. The van der Waals surface area contributed by atoms with Crippen molar-refractivity contribution in [3.8, 4) is 0 Å². The minimum atomic E-state index is -0.427. The van der Waals surface area contributed by atoms with Gasteiger partial charge in [-0.05, 0) is 43.4 Å². The van der Waals surface area contributed by atoms with Gasteiger partial charge in [0, 0.05) is 5.57 Å². The first kappa shape index (κ1) is 16.2. The van der Waals surface area contributed by atoms with E-state index in [1.165, 1.54) is 12.5 Å². The van der Waals surface area contributed by atoms with E-state index >= 15 is 0 Å². The van der Waals surface area contributed by atoms with E-state index in [4.69, 9.17) is 4.74 Å². The molecule has 0 spiro atoms. The molecule has 0 aromatic heterocycles. The van der Waals surface area contributed by atoms with Crippen LogP contribution in [0, 0.1) is 0 Å². The molecule has 0 fully saturated rings. The Bertz CT molecular complexity index is 481. The lowest BCUT2D eigenvalue weighted by Crippen LogP contribution is -2.11. The highest BCUT2D eigenvalue weighted by atomic mass is 16.5. The van der Waals surface area contributed by atoms with Crippen molar-refractivity contribution in [3.05, 3.63) is 47.5 Å². The fraction of sp³-hybridized carbons (Fsp3) is 0.412. The topological polar surface area (TPSA) is 43.4 Å². The van der Waals surface area contributed by atoms with Crippen LogP contribution in [0.25, 0.3) is 0 Å². The third-order valence-corrected chi connectivity index (χ3v) is 3.48. The molecule has 0 radical (unpaired) electrons. The van der Waals surface area contributed by atoms with Crippen molar-refractivity contribution < 1.29 is 14.3 Å². The molecule has 0 heterocycles. The number of hydrogen-bond donors (Lipinski definition) is 0. The van der Waals surface area contributed by atoms with Crippen LogP contribution in [0.1, 0.15) is 55.5 Å². The molecule has 1 aromatic carbocycles. The number of ketones is 1. The van der Waals surface area contributed by atoms with Crippen LogP contribution in [0.15, 0.2) is 36.4 Å². The summed E-state index contributed by atoms with van der Waals surface area (Å²) in [7, 11) is 0. The number of Topliss-reactive ketones (excluding diaryl/α,β-unsaturated/α-hetero) is 1. The Morgan fingerprint density at radius 1 is 1.15 bits per heavy atom. The second kappa shape index (κ2) is 7.63. The van der Waals surface area contributed by atoms with Crippen molar-refractivity contribution in [2.24, 2.45) is 0 Å². The van der Waals surface area contributed by atoms with Gasteiger partial charge in [0.1, 0.15) is 6.61 Å². The molecule has 0 aliphatic heterocycles. The third kappa shape index (κ3) is 4.34. The van der Waals surface area contributed by atoms with Crippen LogP contribution in [0.3, 0.4) is 0 Å². The van der Waals surface area contributed by atoms with E-state index in [1.807, 2.05) is 12.1 Å². The van der Waals surface area contributed by atoms with Crippen molar-refractivity contribution >= 4 is 11.8 Å². The van der Waals surface area contributed by atoms with Gasteiger partial charge in [-0.2, -0.15) is 0 Å². The van der Waals surface area contributed by atoms with Crippen LogP contribution >= 0.6 is 0 Å². The van der Waals surface area contributed by atoms with E-state index in [1.54, 1.807) is 12.1 Å². The SMILES string of the molecule is C=C(COC(=O)c1ccc(C(CC)CC)cc1)C(C)=O. The predicted octanol–water partition coefficient (Wildman–Crippen LogP) is 3.89. The van der Waals surface area contributed by atoms with Crippen molar-refractivity contribution in [2.45, 2.75) is 39.5 Å². The summed E-state index contributed by atoms with van der Waals surface area (Å²) >= 11 is 0. The third-order valence-electron chi connectivity index (χ3n) is 3.48. The zero-order valence-corrected chi connectivity index (χ0v) is 12.4. The molecule has 0 unspecified atom stereocenters. The van der Waals surface area contributed by atoms with E-state index in [2.05, 4.69) is 20.4 Å². The van der Waals surface area contributed by atoms with Gasteiger partial charge in [-0.1, -0.05) is 32.6 Å². The van der Waals surface area contributed by atoms with E-state index in [9.17, 15) is 9.59 Å². The van der Waals surface area contributed by atoms with Gasteiger partial charge in [-0.3, -0.25) is 4.79 Å². The normalized spacial score (nSPS) is 10.4. The summed E-state index contributed by atoms with van der Waals surface area (Å²) in [5, 5.41) is 0. The molecule has 0 aliphatic carbocycles. The Labute approximate surface area is 120 Å². The number of esters is 1. The molecule has 1 rings (SSSR count). The van der Waals surface area contributed by atoms with Crippen molar-refractivity contribution in [2.75, 3.05) is 6.61 Å². The average Bonchev–Trinajstić information content (AvgIpc) is 2.46. The monoisotopic (exact) mass is 274 g/mol. The molecule has 0 amide bonds. The second-order valence-corrected chi connectivity index (χ2v) is 4.87. The Balaban J connectivity index is 2.66. The van der Waals surface area contributed by atoms with Crippen LogP contribution < -0.4 is 0 Å². The molecule has 0 atom stereocenters. The zero-order valence-electron chi connectivity index (χ0n) is 12.4. The fourth-order valence-corrected chi connectivity index (χ4v) is 1.99. The predicted molar refractivity (Wildman–Crippen MR) is 79.9 cm³/mol. The molecule has 0 aliphatic rings. The van der Waals surface area contributed by atoms with Gasteiger partial charge in [0.25, 0.3) is 0 Å². The molecule has 0 bridgehead atoms. The number of ether oxygens (including phenoxy) is 1. The summed E-state index contributed by atoms with van der Waals surface area (Å²) in [6.45, 7) is 9.22. The summed E-state index contributed by atoms with van der Waals surface area (Å²) in [6, 6.07) is 7.47. The molecule has 3 heteroatoms. The van der Waals surface area contributed by atoms with Gasteiger partial charge in [0.15, 0.2) is 5.78 Å². The largest absolute Gasteiger partial charge is 0.457 e. The maximum Gasteiger partial charge on any atom is 0.338 e. The highest BCUT2D eigenvalue weighted by Crippen LogP contribution is 2.23. The number of hydrogen-bond acceptors (Lipinski definition) is 3. The molecule has 0 saturated heterocycles. The summed E-state index contributed by atoms with van der Waals surface area (Å²) in [5.41, 5.74) is 2.03. The minimum absolute atomic E-state index is 0.0531. The summed E-state index contributed by atoms with van der Waals surface area (Å²) in [4.78, 5) is 22.8. The lowest BCUT2D eigenvalue weighted by molar-refractivity contribution is -0.114. The van der Waals surface area contributed by atoms with E-state index in [0.717, 1.165) is 12.8 Å². The first-order chi connectivity index (χ1) is 9.49. The van der Waals surface area contributed by atoms with Gasteiger partial charge >= 0.3 is 5.97 Å². The molecule has 1 aromatic rings. The summed E-state index contributed by atoms with van der Waals surface area (Å²) in [5.74, 6) is -0.0667. The lowest BCUT2D eigenvalue weighted by atomic mass is 9.93. The number of rotatable bonds is 7. The highest BCUT2D eigenvalue weighted by Gasteiger charge is 2.11. The number of benzene rings is 1. The molecule has 0 saturated carbocycles. The molecular weight excluding hydrogens is 252 g/mol. The van der Waals surface area contributed by atoms with Gasteiger partial charge in [0.2, 0.25) is 0 Å². The van der Waals surface area contributed by atoms with E-state index in [-0.39, 0.29) is 12.4 Å². The summed E-state index contributed by atoms with van der Waals surface area (Å²) < 4.78 is 5.04. The van der Waals surface area contributed by atoms with Gasteiger partial charge < -0.3 is 4.74 Å². The van der Waals surface area contributed by atoms with Crippen LogP contribution in [-0.4, -0.2) is 18.4 Å². The minimum Gasteiger partial charge on any atom is -0.457 e. The Hall–Kier alpha value is -1.90. The molecule has 0 N–H and O–H groups in total. The van der Waals surface area contributed by atoms with Crippen LogP contribution in [-0.2, 0) is 9.53 Å². The maximum absolute atomic E-state index is 11.8. The van der Waals surface area contributed by atoms with Crippen LogP contribution in [0.2, 0.25) is 0 Å². The maximum atomic E-state index is 11.8. The fourth-order valence-electron chi connectivity index (χ4n) is 1.99. The van der Waals surface area contributed by atoms with Crippen LogP contribution in [0.5, 0.6) is 0 Å². The van der Waals surface area contributed by atoms with Crippen LogP contribution in [0.4, 0.5) is 0 Å². The number of carbonyl (C=O) groups excluding carboxylic acids is 2. The molecule has 3 nitrogen and oxygen atoms in total. The zero-order chi connectivity index (χ0) is 15.1. The highest BCUT2D eigenvalue weighted by molar-refractivity contribution is 5.94. The Morgan fingerprint density at radius 3 is 2.15 bits per heavy atom. The number of carbonyl (C=O) groups is 2. The van der Waals surface area contributed by atoms with Crippen molar-refractivity contribution in [1.82, 2.24) is 0 Å². The van der Waals surface area contributed by atoms with Gasteiger partial charge in [-0.25, -0.2) is 4.79 Å². The first-order valence-electron chi connectivity index (χ1n) is 6.95. The Morgan fingerprint density at radius 2 is 1.70 bits per heavy atom. The summed E-state index contributed by atoms with van der Waals surface area (Å²) in [6.07, 6.45) is 2.16. The van der Waals surface area contributed by atoms with Crippen molar-refractivity contribution in [3.63, 3.8) is 0 Å². The smallest absolute Gasteiger partial charge is 0.338 e. The van der Waals surface area contributed by atoms with Gasteiger partial charge in [-0.15, -0.1) is 0 Å². The molecule has 108 valence electrons. The second-order valence-electron chi connectivity index (χ2n) is 4.87. The Kier molecular flexibility index (Phi) is 6.16. The van der Waals surface area contributed by atoms with E-state index < -0.39 is 5.97 Å². The molecule has 20 heavy (non-hydrogen) atoms. The molecular formula is C17H22O3. The van der Waals surface area contributed by atoms with E-state index in [0.29, 0.717) is 17.1 Å². The first-order valence-corrected chi connectivity index (χ1v) is 6.95. The van der Waals surface area contributed by atoms with Gasteiger partial charge in [0.05, 0.1) is 5.56 Å². The standard InChI is InChI=1S/C17H22O3/c1-5-14(6-2)15-7-9-16(10-8-15)17(19)20-11-12(3)13(4)18/h7-10,14H,3,5-6,11H2,1-2,4H3.